The highest BCUT2D eigenvalue weighted by Gasteiger charge is 2.31. The molecular weight excluding hydrogens is 474 g/mol. The summed E-state index contributed by atoms with van der Waals surface area (Å²) in [7, 11) is 0. The normalized spacial score (nSPS) is 19.4. The Kier molecular flexibility index (Phi) is 8.41. The van der Waals surface area contributed by atoms with E-state index < -0.39 is 0 Å². The van der Waals surface area contributed by atoms with Crippen LogP contribution >= 0.6 is 0 Å². The number of anilines is 1. The van der Waals surface area contributed by atoms with Crippen LogP contribution in [0.15, 0.2) is 36.4 Å². The van der Waals surface area contributed by atoms with Gasteiger partial charge in [-0.3, -0.25) is 0 Å². The molecule has 200 valence electrons. The topological polar surface area (TPSA) is 55.1 Å². The highest BCUT2D eigenvalue weighted by Crippen LogP contribution is 2.38. The van der Waals surface area contributed by atoms with E-state index in [9.17, 15) is 0 Å². The van der Waals surface area contributed by atoms with Gasteiger partial charge in [0.05, 0.1) is 18.4 Å². The first kappa shape index (κ1) is 26.4. The molecule has 1 fully saturated rings. The zero-order chi connectivity index (χ0) is 26.5. The third-order valence-corrected chi connectivity index (χ3v) is 8.05. The minimum atomic E-state index is -0.0743. The number of hydrogen-bond donors (Lipinski definition) is 0. The smallest absolute Gasteiger partial charge is 0.318 e. The summed E-state index contributed by atoms with van der Waals surface area (Å²) < 4.78 is 12.7. The number of nitrogens with zero attached hydrogens (tertiary/aromatic N) is 5. The van der Waals surface area contributed by atoms with Crippen LogP contribution in [-0.2, 0) is 17.8 Å². The second-order valence-corrected chi connectivity index (χ2v) is 10.4. The Hall–Kier alpha value is -3.21. The lowest BCUT2D eigenvalue weighted by Crippen LogP contribution is -2.38. The van der Waals surface area contributed by atoms with Crippen LogP contribution in [0.1, 0.15) is 55.2 Å². The van der Waals surface area contributed by atoms with E-state index in [1.54, 1.807) is 0 Å². The van der Waals surface area contributed by atoms with Crippen molar-refractivity contribution in [2.45, 2.75) is 52.7 Å². The van der Waals surface area contributed by atoms with Gasteiger partial charge in [-0.05, 0) is 54.8 Å². The lowest BCUT2D eigenvalue weighted by molar-refractivity contribution is 0.0265. The summed E-state index contributed by atoms with van der Waals surface area (Å²) in [5.74, 6) is 1.30. The van der Waals surface area contributed by atoms with Crippen LogP contribution in [0.5, 0.6) is 6.01 Å². The zero-order valence-corrected chi connectivity index (χ0v) is 22.9. The second-order valence-electron chi connectivity index (χ2n) is 10.4. The molecule has 2 aliphatic heterocycles. The monoisotopic (exact) mass is 513 g/mol. The van der Waals surface area contributed by atoms with Gasteiger partial charge >= 0.3 is 6.01 Å². The molecule has 0 bridgehead atoms. The molecule has 7 nitrogen and oxygen atoms in total. The minimum absolute atomic E-state index is 0.0743. The number of aromatic nitrogens is 2. The molecule has 0 spiro atoms. The van der Waals surface area contributed by atoms with Gasteiger partial charge in [0, 0.05) is 37.5 Å². The number of aryl methyl sites for hydroxylation is 1. The average molecular weight is 514 g/mol. The molecule has 2 aliphatic rings. The maximum Gasteiger partial charge on any atom is 0.318 e. The molecule has 38 heavy (non-hydrogen) atoms. The fourth-order valence-electron chi connectivity index (χ4n) is 5.93. The summed E-state index contributed by atoms with van der Waals surface area (Å²) in [6.45, 7) is 20.1. The minimum Gasteiger partial charge on any atom is -0.462 e. The molecule has 0 radical (unpaired) electrons. The van der Waals surface area contributed by atoms with Crippen molar-refractivity contribution in [1.29, 1.82) is 0 Å². The molecule has 2 atom stereocenters. The van der Waals surface area contributed by atoms with Crippen molar-refractivity contribution < 1.29 is 9.47 Å². The summed E-state index contributed by atoms with van der Waals surface area (Å²) in [5, 5.41) is 2.51. The second kappa shape index (κ2) is 12.1. The van der Waals surface area contributed by atoms with Crippen LogP contribution < -0.4 is 9.64 Å². The van der Waals surface area contributed by atoms with E-state index in [4.69, 9.17) is 26.0 Å². The number of rotatable bonds is 9. The van der Waals surface area contributed by atoms with E-state index in [0.717, 1.165) is 62.6 Å². The molecule has 1 unspecified atom stereocenters. The van der Waals surface area contributed by atoms with Gasteiger partial charge < -0.3 is 24.1 Å². The highest BCUT2D eigenvalue weighted by atomic mass is 16.5. The van der Waals surface area contributed by atoms with Crippen molar-refractivity contribution >= 4 is 16.6 Å². The molecule has 3 heterocycles. The summed E-state index contributed by atoms with van der Waals surface area (Å²) in [4.78, 5) is 18.2. The van der Waals surface area contributed by atoms with Gasteiger partial charge in [0.25, 0.3) is 0 Å². The van der Waals surface area contributed by atoms with Crippen LogP contribution in [0.2, 0.25) is 0 Å². The molecule has 0 amide bonds. The molecule has 0 N–H and O–H groups in total. The lowest BCUT2D eigenvalue weighted by atomic mass is 9.92. The lowest BCUT2D eigenvalue weighted by Gasteiger charge is -2.35. The van der Waals surface area contributed by atoms with Crippen LogP contribution in [-0.4, -0.2) is 60.7 Å². The average Bonchev–Trinajstić information content (AvgIpc) is 2.95. The Morgan fingerprint density at radius 3 is 2.76 bits per heavy atom. The fraction of sp³-hybridized carbons (Fsp3) is 0.516. The summed E-state index contributed by atoms with van der Waals surface area (Å²) in [5.41, 5.74) is 4.56. The number of ether oxygens (including phenoxy) is 2. The highest BCUT2D eigenvalue weighted by molar-refractivity contribution is 5.89. The molecule has 3 aromatic rings. The van der Waals surface area contributed by atoms with Crippen LogP contribution in [0.25, 0.3) is 15.6 Å². The maximum absolute atomic E-state index is 7.35. The molecule has 1 saturated heterocycles. The van der Waals surface area contributed by atoms with Gasteiger partial charge in [-0.15, -0.1) is 0 Å². The number of piperidine rings is 1. The summed E-state index contributed by atoms with van der Waals surface area (Å²) >= 11 is 0. The van der Waals surface area contributed by atoms with Gasteiger partial charge in [0.2, 0.25) is 6.54 Å². The fourth-order valence-corrected chi connectivity index (χ4v) is 5.93. The molecule has 5 rings (SSSR count). The van der Waals surface area contributed by atoms with Crippen LogP contribution in [0.3, 0.4) is 0 Å². The van der Waals surface area contributed by atoms with Gasteiger partial charge in [-0.2, -0.15) is 9.97 Å². The van der Waals surface area contributed by atoms with Crippen molar-refractivity contribution in [1.82, 2.24) is 14.9 Å². The first-order chi connectivity index (χ1) is 18.6. The van der Waals surface area contributed by atoms with E-state index in [1.165, 1.54) is 21.9 Å². The summed E-state index contributed by atoms with van der Waals surface area (Å²) in [6.07, 6.45) is 2.77. The molecular formula is C31H39N5O2. The molecule has 0 saturated carbocycles. The third-order valence-electron chi connectivity index (χ3n) is 8.05. The maximum atomic E-state index is 7.35. The van der Waals surface area contributed by atoms with E-state index in [2.05, 4.69) is 71.8 Å². The Morgan fingerprint density at radius 1 is 1.16 bits per heavy atom. The van der Waals surface area contributed by atoms with E-state index >= 15 is 0 Å². The number of fused-ring (bicyclic) bond motifs is 2. The Morgan fingerprint density at radius 2 is 1.97 bits per heavy atom. The van der Waals surface area contributed by atoms with E-state index in [0.29, 0.717) is 38.1 Å². The predicted molar refractivity (Wildman–Crippen MR) is 152 cm³/mol. The first-order valence-electron chi connectivity index (χ1n) is 14.0. The predicted octanol–water partition coefficient (Wildman–Crippen LogP) is 5.61. The van der Waals surface area contributed by atoms with Crippen molar-refractivity contribution in [2.75, 3.05) is 50.8 Å². The molecule has 0 aliphatic carbocycles. The third kappa shape index (κ3) is 5.62. The number of benzene rings is 2. The van der Waals surface area contributed by atoms with Gasteiger partial charge in [0.1, 0.15) is 12.4 Å². The Labute approximate surface area is 226 Å². The van der Waals surface area contributed by atoms with Gasteiger partial charge in [-0.1, -0.05) is 50.2 Å². The van der Waals surface area contributed by atoms with Crippen LogP contribution in [0.4, 0.5) is 5.82 Å². The zero-order valence-electron chi connectivity index (χ0n) is 22.9. The SMILES string of the molecule is [C-]#[N+]C[C@@H]1CCCN(c2nc(OCCN(CC)CC)nc3c2COC(c2cccc4cccc(C)c24)C3)C1. The summed E-state index contributed by atoms with van der Waals surface area (Å²) in [6, 6.07) is 13.4. The van der Waals surface area contributed by atoms with E-state index in [1.807, 2.05) is 0 Å². The standard InChI is InChI=1S/C31H39N5O2/c1-5-35(6-2)16-17-37-31-33-27-18-28(25-14-8-13-24-12-7-10-22(3)29(24)25)38-21-26(27)30(34-31)36-15-9-11-23(20-36)19-32-4/h7-8,10,12-14,23,28H,5-6,9,11,15-21H2,1-3H3/t23-,28?/m0/s1. The first-order valence-corrected chi connectivity index (χ1v) is 14.0. The quantitative estimate of drug-likeness (QED) is 0.347. The number of hydrogen-bond acceptors (Lipinski definition) is 6. The van der Waals surface area contributed by atoms with Gasteiger partial charge in [-0.25, -0.2) is 6.57 Å². The largest absolute Gasteiger partial charge is 0.462 e. The van der Waals surface area contributed by atoms with Crippen LogP contribution in [0, 0.1) is 19.4 Å². The van der Waals surface area contributed by atoms with Crippen molar-refractivity contribution in [2.24, 2.45) is 5.92 Å². The Bertz CT molecular complexity index is 1290. The van der Waals surface area contributed by atoms with Crippen molar-refractivity contribution in [3.8, 4) is 6.01 Å². The number of likely N-dealkylation sites (N-methyl/N-ethyl adjacent to an activating group) is 1. The Balaban J connectivity index is 1.47. The van der Waals surface area contributed by atoms with E-state index in [-0.39, 0.29) is 6.10 Å². The molecule has 2 aromatic carbocycles. The molecule has 1 aromatic heterocycles. The molecule has 7 heteroatoms. The van der Waals surface area contributed by atoms with Crippen molar-refractivity contribution in [3.63, 3.8) is 0 Å². The van der Waals surface area contributed by atoms with Gasteiger partial charge in [0.15, 0.2) is 0 Å². The van der Waals surface area contributed by atoms with Crippen molar-refractivity contribution in [3.05, 3.63) is 70.2 Å².